The van der Waals surface area contributed by atoms with E-state index in [0.29, 0.717) is 0 Å². The van der Waals surface area contributed by atoms with Crippen molar-refractivity contribution in [1.29, 1.82) is 0 Å². The zero-order valence-electron chi connectivity index (χ0n) is 19.8. The number of piperidine rings is 2. The van der Waals surface area contributed by atoms with Gasteiger partial charge in [-0.2, -0.15) is 11.3 Å². The first-order valence-electron chi connectivity index (χ1n) is 12.4. The fraction of sp³-hybridized carbons (Fsp3) is 0.833. The van der Waals surface area contributed by atoms with Crippen LogP contribution in [0.4, 0.5) is 0 Å². The summed E-state index contributed by atoms with van der Waals surface area (Å²) in [5.74, 6) is 0. The van der Waals surface area contributed by atoms with Crippen molar-refractivity contribution < 1.29 is 0 Å². The van der Waals surface area contributed by atoms with Gasteiger partial charge in [-0.25, -0.2) is 0 Å². The average Bonchev–Trinajstić information content (AvgIpc) is 3.22. The highest BCUT2D eigenvalue weighted by Gasteiger charge is 2.30. The van der Waals surface area contributed by atoms with Crippen LogP contribution in [-0.2, 0) is 0 Å². The van der Waals surface area contributed by atoms with Crippen molar-refractivity contribution in [2.45, 2.75) is 89.6 Å². The molecule has 1 aromatic heterocycles. The number of thiophene rings is 1. The van der Waals surface area contributed by atoms with Crippen molar-refractivity contribution in [3.63, 3.8) is 0 Å². The molecular weight excluding hydrogens is 405 g/mol. The lowest BCUT2D eigenvalue weighted by molar-refractivity contribution is 0.229. The highest BCUT2D eigenvalue weighted by atomic mass is 32.1. The quantitative estimate of drug-likeness (QED) is 0.444. The van der Waals surface area contributed by atoms with Crippen LogP contribution in [0.3, 0.4) is 0 Å². The molecule has 2 aliphatic heterocycles. The second-order valence-electron chi connectivity index (χ2n) is 10.9. The molecule has 0 unspecified atom stereocenters. The van der Waals surface area contributed by atoms with Gasteiger partial charge in [-0.3, -0.25) is 0 Å². The second kappa shape index (κ2) is 11.1. The summed E-state index contributed by atoms with van der Waals surface area (Å²) in [7, 11) is -2.55. The van der Waals surface area contributed by atoms with Gasteiger partial charge < -0.3 is 9.80 Å². The van der Waals surface area contributed by atoms with E-state index < -0.39 is 16.1 Å². The molecular formula is C24H46N2SSi2. The van der Waals surface area contributed by atoms with E-state index in [4.69, 9.17) is 0 Å². The van der Waals surface area contributed by atoms with E-state index in [0.717, 1.165) is 0 Å². The third-order valence-electron chi connectivity index (χ3n) is 7.39. The predicted molar refractivity (Wildman–Crippen MR) is 138 cm³/mol. The minimum absolute atomic E-state index is 1.27. The molecule has 5 heteroatoms. The van der Waals surface area contributed by atoms with E-state index >= 15 is 0 Å². The van der Waals surface area contributed by atoms with Gasteiger partial charge in [0.2, 0.25) is 0 Å². The first kappa shape index (κ1) is 23.7. The monoisotopic (exact) mass is 450 g/mol. The predicted octanol–water partition coefficient (Wildman–Crippen LogP) is 5.33. The molecule has 3 heterocycles. The second-order valence-corrected chi connectivity index (χ2v) is 22.4. The van der Waals surface area contributed by atoms with Crippen molar-refractivity contribution in [3.05, 3.63) is 12.1 Å². The van der Waals surface area contributed by atoms with Gasteiger partial charge in [0.05, 0.1) is 16.1 Å². The lowest BCUT2D eigenvalue weighted by Gasteiger charge is -2.29. The van der Waals surface area contributed by atoms with Crippen LogP contribution in [0.5, 0.6) is 0 Å². The highest BCUT2D eigenvalue weighted by molar-refractivity contribution is 7.35. The Morgan fingerprint density at radius 1 is 0.655 bits per heavy atom. The van der Waals surface area contributed by atoms with Crippen molar-refractivity contribution in [2.75, 3.05) is 39.3 Å². The molecule has 0 aliphatic carbocycles. The standard InChI is InChI=1S/C24H46N2SSi2/c1-28(2,21-11-19-25-15-7-5-8-16-25)23-13-14-24(27-23)29(3,4)22-12-20-26-17-9-6-10-18-26/h13-14H,5-12,15-22H2,1-4H3. The van der Waals surface area contributed by atoms with Gasteiger partial charge in [0, 0.05) is 0 Å². The van der Waals surface area contributed by atoms with E-state index in [9.17, 15) is 0 Å². The molecule has 2 nitrogen and oxygen atoms in total. The SMILES string of the molecule is C[Si](C)(CCCN1CCCCC1)c1ccc([Si](C)(C)CCCN2CCCCC2)s1. The molecule has 166 valence electrons. The van der Waals surface area contributed by atoms with Crippen molar-refractivity contribution in [2.24, 2.45) is 0 Å². The van der Waals surface area contributed by atoms with Gasteiger partial charge in [-0.05, 0) is 86.8 Å². The molecule has 0 atom stereocenters. The van der Waals surface area contributed by atoms with E-state index in [1.54, 1.807) is 9.00 Å². The Morgan fingerprint density at radius 2 is 1.03 bits per heavy atom. The molecule has 3 rings (SSSR count). The molecule has 0 amide bonds. The fourth-order valence-electron chi connectivity index (χ4n) is 5.17. The van der Waals surface area contributed by atoms with Crippen LogP contribution in [0.1, 0.15) is 51.4 Å². The summed E-state index contributed by atoms with van der Waals surface area (Å²) in [4.78, 5) is 5.43. The van der Waals surface area contributed by atoms with Crippen molar-refractivity contribution in [1.82, 2.24) is 9.80 Å². The summed E-state index contributed by atoms with van der Waals surface area (Å²) < 4.78 is 3.53. The summed E-state index contributed by atoms with van der Waals surface area (Å²) >= 11 is 2.22. The molecule has 2 fully saturated rings. The molecule has 2 aliphatic rings. The molecule has 0 radical (unpaired) electrons. The molecule has 0 N–H and O–H groups in total. The van der Waals surface area contributed by atoms with Gasteiger partial charge in [0.25, 0.3) is 0 Å². The number of nitrogens with zero attached hydrogens (tertiary/aromatic N) is 2. The van der Waals surface area contributed by atoms with Crippen LogP contribution in [-0.4, -0.2) is 65.2 Å². The molecule has 0 bridgehead atoms. The Bertz CT molecular complexity index is 551. The van der Waals surface area contributed by atoms with Crippen LogP contribution in [0.25, 0.3) is 0 Å². The molecule has 1 aromatic rings. The Labute approximate surface area is 187 Å². The summed E-state index contributed by atoms with van der Waals surface area (Å²) in [6, 6.07) is 7.99. The maximum atomic E-state index is 2.71. The molecule has 2 saturated heterocycles. The maximum Gasteiger partial charge on any atom is 0.0934 e. The van der Waals surface area contributed by atoms with Crippen LogP contribution in [0.15, 0.2) is 12.1 Å². The maximum absolute atomic E-state index is 2.71. The van der Waals surface area contributed by atoms with Gasteiger partial charge in [-0.15, -0.1) is 0 Å². The first-order valence-corrected chi connectivity index (χ1v) is 19.7. The topological polar surface area (TPSA) is 6.48 Å². The average molecular weight is 451 g/mol. The van der Waals surface area contributed by atoms with E-state index in [1.165, 1.54) is 103 Å². The normalized spacial score (nSPS) is 20.3. The summed E-state index contributed by atoms with van der Waals surface area (Å²) in [5.41, 5.74) is 0. The van der Waals surface area contributed by atoms with E-state index in [2.05, 4.69) is 59.5 Å². The lowest BCUT2D eigenvalue weighted by atomic mass is 10.1. The minimum atomic E-state index is -1.27. The third-order valence-corrected chi connectivity index (χ3v) is 18.2. The van der Waals surface area contributed by atoms with Gasteiger partial charge in [0.1, 0.15) is 0 Å². The minimum Gasteiger partial charge on any atom is -0.303 e. The summed E-state index contributed by atoms with van der Waals surface area (Å²) in [5, 5.41) is 0. The first-order chi connectivity index (χ1) is 13.9. The number of rotatable bonds is 10. The Morgan fingerprint density at radius 3 is 1.41 bits per heavy atom. The van der Waals surface area contributed by atoms with Crippen molar-refractivity contribution in [3.8, 4) is 0 Å². The fourth-order valence-corrected chi connectivity index (χ4v) is 13.1. The highest BCUT2D eigenvalue weighted by Crippen LogP contribution is 2.21. The van der Waals surface area contributed by atoms with E-state index in [-0.39, 0.29) is 0 Å². The van der Waals surface area contributed by atoms with Gasteiger partial charge in [-0.1, -0.05) is 63.3 Å². The zero-order valence-corrected chi connectivity index (χ0v) is 22.6. The lowest BCUT2D eigenvalue weighted by Crippen LogP contribution is -2.43. The van der Waals surface area contributed by atoms with Crippen LogP contribution in [0.2, 0.25) is 38.3 Å². The molecule has 0 saturated carbocycles. The largest absolute Gasteiger partial charge is 0.303 e. The van der Waals surface area contributed by atoms with Crippen LogP contribution >= 0.6 is 11.3 Å². The third kappa shape index (κ3) is 7.31. The molecule has 29 heavy (non-hydrogen) atoms. The number of hydrogen-bond donors (Lipinski definition) is 0. The zero-order chi connectivity index (χ0) is 20.7. The number of hydrogen-bond acceptors (Lipinski definition) is 3. The van der Waals surface area contributed by atoms with Crippen molar-refractivity contribution >= 4 is 36.5 Å². The van der Waals surface area contributed by atoms with Gasteiger partial charge in [0.15, 0.2) is 0 Å². The van der Waals surface area contributed by atoms with Crippen LogP contribution in [0, 0.1) is 0 Å². The molecule has 0 spiro atoms. The van der Waals surface area contributed by atoms with Gasteiger partial charge >= 0.3 is 0 Å². The summed E-state index contributed by atoms with van der Waals surface area (Å²) in [6.07, 6.45) is 11.4. The Hall–Kier alpha value is 0.0538. The smallest absolute Gasteiger partial charge is 0.0934 e. The Kier molecular flexibility index (Phi) is 9.06. The summed E-state index contributed by atoms with van der Waals surface area (Å²) in [6.45, 7) is 18.5. The number of likely N-dealkylation sites (tertiary alicyclic amines) is 2. The molecule has 0 aromatic carbocycles. The van der Waals surface area contributed by atoms with Crippen LogP contribution < -0.4 is 9.00 Å². The Balaban J connectivity index is 1.46. The van der Waals surface area contributed by atoms with E-state index in [1.807, 2.05) is 0 Å².